The van der Waals surface area contributed by atoms with Crippen LogP contribution in [-0.2, 0) is 4.74 Å². The van der Waals surface area contributed by atoms with Crippen molar-refractivity contribution in [2.45, 2.75) is 32.8 Å². The highest BCUT2D eigenvalue weighted by Crippen LogP contribution is 2.29. The Balaban J connectivity index is 1.66. The molecule has 148 valence electrons. The number of benzene rings is 1. The molecule has 0 unspecified atom stereocenters. The zero-order valence-corrected chi connectivity index (χ0v) is 16.7. The minimum absolute atomic E-state index is 0.131. The molecule has 0 aliphatic carbocycles. The number of ether oxygens (including phenoxy) is 1. The molecule has 0 saturated carbocycles. The Bertz CT molecular complexity index is 1270. The summed E-state index contributed by atoms with van der Waals surface area (Å²) in [6, 6.07) is 12.0. The summed E-state index contributed by atoms with van der Waals surface area (Å²) in [6.07, 6.45) is 4.30. The predicted octanol–water partition coefficient (Wildman–Crippen LogP) is 4.05. The van der Waals surface area contributed by atoms with Crippen molar-refractivity contribution in [3.63, 3.8) is 0 Å². The van der Waals surface area contributed by atoms with Crippen molar-refractivity contribution in [2.24, 2.45) is 0 Å². The molecule has 1 aromatic carbocycles. The molecule has 1 atom stereocenters. The number of H-pyrrole nitrogens is 1. The Morgan fingerprint density at radius 1 is 1.28 bits per heavy atom. The molecule has 1 saturated heterocycles. The molecule has 3 aromatic heterocycles. The maximum atomic E-state index is 13.0. The first-order valence-corrected chi connectivity index (χ1v) is 10.1. The van der Waals surface area contributed by atoms with E-state index in [9.17, 15) is 4.79 Å². The number of hydrogen-bond acceptors (Lipinski definition) is 4. The average molecular weight is 388 g/mol. The van der Waals surface area contributed by atoms with E-state index in [-0.39, 0.29) is 11.7 Å². The van der Waals surface area contributed by atoms with Crippen LogP contribution in [0.2, 0.25) is 0 Å². The average Bonchev–Trinajstić information content (AvgIpc) is 3.34. The van der Waals surface area contributed by atoms with Gasteiger partial charge in [0.1, 0.15) is 17.2 Å². The molecule has 4 heterocycles. The van der Waals surface area contributed by atoms with Crippen LogP contribution in [0.15, 0.2) is 47.4 Å². The second kappa shape index (κ2) is 7.04. The number of aryl methyl sites for hydroxylation is 2. The van der Waals surface area contributed by atoms with Crippen LogP contribution >= 0.6 is 0 Å². The summed E-state index contributed by atoms with van der Waals surface area (Å²) in [4.78, 5) is 20.8. The molecule has 1 aliphatic rings. The fourth-order valence-corrected chi connectivity index (χ4v) is 4.23. The van der Waals surface area contributed by atoms with Gasteiger partial charge in [-0.05, 0) is 61.9 Å². The van der Waals surface area contributed by atoms with Gasteiger partial charge in [0.05, 0.1) is 17.2 Å². The van der Waals surface area contributed by atoms with E-state index in [2.05, 4.69) is 29.4 Å². The first kappa shape index (κ1) is 17.9. The molecule has 6 heteroatoms. The predicted molar refractivity (Wildman–Crippen MR) is 116 cm³/mol. The van der Waals surface area contributed by atoms with Crippen LogP contribution in [0.25, 0.3) is 27.8 Å². The van der Waals surface area contributed by atoms with Gasteiger partial charge < -0.3 is 15.0 Å². The Morgan fingerprint density at radius 3 is 3.00 bits per heavy atom. The highest BCUT2D eigenvalue weighted by Gasteiger charge is 2.20. The smallest absolute Gasteiger partial charge is 0.258 e. The summed E-state index contributed by atoms with van der Waals surface area (Å²) in [5.74, 6) is 0.824. The largest absolute Gasteiger partial charge is 0.376 e. The van der Waals surface area contributed by atoms with Crippen molar-refractivity contribution < 1.29 is 4.74 Å². The maximum absolute atomic E-state index is 13.0. The number of hydrogen-bond donors (Lipinski definition) is 2. The molecule has 4 aromatic rings. The quantitative estimate of drug-likeness (QED) is 0.553. The second-order valence-electron chi connectivity index (χ2n) is 7.81. The van der Waals surface area contributed by atoms with Crippen LogP contribution in [0.3, 0.4) is 0 Å². The van der Waals surface area contributed by atoms with Gasteiger partial charge in [-0.1, -0.05) is 17.7 Å². The topological polar surface area (TPSA) is 71.4 Å². The van der Waals surface area contributed by atoms with Gasteiger partial charge >= 0.3 is 0 Å². The van der Waals surface area contributed by atoms with Crippen LogP contribution in [0, 0.1) is 13.8 Å². The first-order chi connectivity index (χ1) is 14.1. The van der Waals surface area contributed by atoms with Gasteiger partial charge in [-0.3, -0.25) is 9.20 Å². The van der Waals surface area contributed by atoms with E-state index < -0.39 is 0 Å². The van der Waals surface area contributed by atoms with Gasteiger partial charge in [-0.25, -0.2) is 4.98 Å². The highest BCUT2D eigenvalue weighted by atomic mass is 16.5. The summed E-state index contributed by atoms with van der Waals surface area (Å²) in [6.45, 7) is 5.59. The molecule has 1 fully saturated rings. The Kier molecular flexibility index (Phi) is 4.36. The summed E-state index contributed by atoms with van der Waals surface area (Å²) < 4.78 is 7.75. The minimum atomic E-state index is -0.131. The van der Waals surface area contributed by atoms with Crippen LogP contribution in [0.1, 0.15) is 24.0 Å². The fourth-order valence-electron chi connectivity index (χ4n) is 4.23. The van der Waals surface area contributed by atoms with Crippen LogP contribution < -0.4 is 10.9 Å². The van der Waals surface area contributed by atoms with Gasteiger partial charge in [0.25, 0.3) is 5.56 Å². The van der Waals surface area contributed by atoms with E-state index in [0.29, 0.717) is 17.8 Å². The molecule has 1 aliphatic heterocycles. The van der Waals surface area contributed by atoms with Gasteiger partial charge in [0, 0.05) is 19.3 Å². The number of nitrogens with one attached hydrogen (secondary N) is 2. The fraction of sp³-hybridized carbons (Fsp3) is 0.304. The standard InChI is InChI=1S/C23H24N4O2/c1-14-10-15(2)20-16(11-14)12-18(23(28)26-20)21-22(24-13-17-6-5-9-29-17)27-8-4-3-7-19(27)25-21/h3-4,7-8,10-12,17,24H,5-6,9,13H2,1-2H3,(H,26,28)/t17-/m1/s1. The van der Waals surface area contributed by atoms with Gasteiger partial charge in [0.15, 0.2) is 0 Å². The van der Waals surface area contributed by atoms with Crippen molar-refractivity contribution in [1.82, 2.24) is 14.4 Å². The molecular weight excluding hydrogens is 364 g/mol. The number of rotatable bonds is 4. The molecule has 0 radical (unpaired) electrons. The number of fused-ring (bicyclic) bond motifs is 2. The zero-order chi connectivity index (χ0) is 20.0. The molecule has 0 bridgehead atoms. The summed E-state index contributed by atoms with van der Waals surface area (Å²) in [7, 11) is 0. The van der Waals surface area contributed by atoms with E-state index in [4.69, 9.17) is 9.72 Å². The Labute approximate surface area is 168 Å². The molecule has 2 N–H and O–H groups in total. The van der Waals surface area contributed by atoms with Crippen molar-refractivity contribution in [1.29, 1.82) is 0 Å². The van der Waals surface area contributed by atoms with E-state index in [1.54, 1.807) is 0 Å². The van der Waals surface area contributed by atoms with Crippen LogP contribution in [-0.4, -0.2) is 33.6 Å². The van der Waals surface area contributed by atoms with E-state index >= 15 is 0 Å². The SMILES string of the molecule is Cc1cc(C)c2[nH]c(=O)c(-c3nc4ccccn4c3NC[C@H]3CCCO3)cc2c1. The van der Waals surface area contributed by atoms with Crippen molar-refractivity contribution in [3.05, 3.63) is 64.1 Å². The first-order valence-electron chi connectivity index (χ1n) is 10.1. The molecular formula is C23H24N4O2. The monoisotopic (exact) mass is 388 g/mol. The third-order valence-corrected chi connectivity index (χ3v) is 5.60. The van der Waals surface area contributed by atoms with Gasteiger partial charge in [-0.15, -0.1) is 0 Å². The normalized spacial score (nSPS) is 16.7. The summed E-state index contributed by atoms with van der Waals surface area (Å²) in [5.41, 5.74) is 5.01. The minimum Gasteiger partial charge on any atom is -0.376 e. The van der Waals surface area contributed by atoms with Crippen LogP contribution in [0.5, 0.6) is 0 Å². The number of anilines is 1. The second-order valence-corrected chi connectivity index (χ2v) is 7.81. The lowest BCUT2D eigenvalue weighted by Crippen LogP contribution is -2.20. The molecule has 0 amide bonds. The number of nitrogens with zero attached hydrogens (tertiary/aromatic N) is 2. The van der Waals surface area contributed by atoms with Crippen molar-refractivity contribution >= 4 is 22.4 Å². The summed E-state index contributed by atoms with van der Waals surface area (Å²) >= 11 is 0. The Hall–Kier alpha value is -3.12. The lowest BCUT2D eigenvalue weighted by Gasteiger charge is -2.13. The van der Waals surface area contributed by atoms with Crippen LogP contribution in [0.4, 0.5) is 5.82 Å². The lowest BCUT2D eigenvalue weighted by molar-refractivity contribution is 0.120. The third kappa shape index (κ3) is 3.19. The molecule has 6 nitrogen and oxygen atoms in total. The van der Waals surface area contributed by atoms with E-state index in [1.807, 2.05) is 41.8 Å². The molecule has 5 rings (SSSR count). The molecule has 29 heavy (non-hydrogen) atoms. The van der Waals surface area contributed by atoms with E-state index in [0.717, 1.165) is 47.4 Å². The van der Waals surface area contributed by atoms with E-state index in [1.165, 1.54) is 5.56 Å². The number of pyridine rings is 2. The zero-order valence-electron chi connectivity index (χ0n) is 16.7. The number of imidazole rings is 1. The maximum Gasteiger partial charge on any atom is 0.258 e. The highest BCUT2D eigenvalue weighted by molar-refractivity contribution is 5.88. The lowest BCUT2D eigenvalue weighted by atomic mass is 10.0. The number of aromatic amines is 1. The third-order valence-electron chi connectivity index (χ3n) is 5.60. The molecule has 0 spiro atoms. The Morgan fingerprint density at radius 2 is 2.17 bits per heavy atom. The van der Waals surface area contributed by atoms with Gasteiger partial charge in [-0.2, -0.15) is 0 Å². The number of aromatic nitrogens is 3. The van der Waals surface area contributed by atoms with Crippen molar-refractivity contribution in [3.8, 4) is 11.3 Å². The summed E-state index contributed by atoms with van der Waals surface area (Å²) in [5, 5.41) is 4.51. The van der Waals surface area contributed by atoms with Gasteiger partial charge in [0.2, 0.25) is 0 Å². The van der Waals surface area contributed by atoms with Crippen molar-refractivity contribution in [2.75, 3.05) is 18.5 Å².